The van der Waals surface area contributed by atoms with Crippen LogP contribution in [0.5, 0.6) is 5.75 Å². The summed E-state index contributed by atoms with van der Waals surface area (Å²) in [4.78, 5) is 11.7. The number of hydrogen-bond acceptors (Lipinski definition) is 4. The van der Waals surface area contributed by atoms with Crippen LogP contribution in [-0.2, 0) is 9.53 Å². The molecule has 18 heavy (non-hydrogen) atoms. The van der Waals surface area contributed by atoms with Gasteiger partial charge in [-0.1, -0.05) is 13.3 Å². The maximum Gasteiger partial charge on any atom is 0.347 e. The number of carbonyl (C=O) groups excluding carboxylic acids is 1. The summed E-state index contributed by atoms with van der Waals surface area (Å²) in [5.41, 5.74) is 0.561. The molecule has 0 aliphatic heterocycles. The molecular formula is C14H17NO3. The molecule has 1 unspecified atom stereocenters. The lowest BCUT2D eigenvalue weighted by molar-refractivity contribution is -0.151. The Hall–Kier alpha value is -2.02. The Balaban J connectivity index is 2.70. The fourth-order valence-corrected chi connectivity index (χ4v) is 1.49. The van der Waals surface area contributed by atoms with E-state index in [-0.39, 0.29) is 5.97 Å². The molecule has 0 aliphatic rings. The number of rotatable bonds is 6. The second-order valence-electron chi connectivity index (χ2n) is 3.78. The summed E-state index contributed by atoms with van der Waals surface area (Å²) in [5, 5.41) is 8.69. The minimum absolute atomic E-state index is 0.343. The quantitative estimate of drug-likeness (QED) is 0.725. The van der Waals surface area contributed by atoms with Gasteiger partial charge in [0.15, 0.2) is 6.10 Å². The molecule has 0 N–H and O–H groups in total. The van der Waals surface area contributed by atoms with Gasteiger partial charge in [0.1, 0.15) is 5.75 Å². The van der Waals surface area contributed by atoms with E-state index in [1.54, 1.807) is 31.2 Å². The number of nitriles is 1. The Kier molecular flexibility index (Phi) is 5.72. The van der Waals surface area contributed by atoms with Gasteiger partial charge < -0.3 is 9.47 Å². The van der Waals surface area contributed by atoms with E-state index in [0.29, 0.717) is 24.3 Å². The lowest BCUT2D eigenvalue weighted by Crippen LogP contribution is -2.29. The van der Waals surface area contributed by atoms with E-state index in [1.165, 1.54) is 0 Å². The third kappa shape index (κ3) is 4.10. The molecule has 0 spiro atoms. The van der Waals surface area contributed by atoms with Crippen LogP contribution in [0.1, 0.15) is 32.3 Å². The minimum Gasteiger partial charge on any atom is -0.479 e. The third-order valence-electron chi connectivity index (χ3n) is 2.36. The summed E-state index contributed by atoms with van der Waals surface area (Å²) < 4.78 is 10.5. The van der Waals surface area contributed by atoms with Crippen LogP contribution in [0.2, 0.25) is 0 Å². The van der Waals surface area contributed by atoms with Crippen LogP contribution < -0.4 is 4.74 Å². The molecule has 1 atom stereocenters. The van der Waals surface area contributed by atoms with Crippen molar-refractivity contribution >= 4 is 5.97 Å². The van der Waals surface area contributed by atoms with Crippen LogP contribution in [0.25, 0.3) is 0 Å². The van der Waals surface area contributed by atoms with Crippen molar-refractivity contribution in [2.75, 3.05) is 6.61 Å². The first-order valence-corrected chi connectivity index (χ1v) is 6.04. The van der Waals surface area contributed by atoms with E-state index in [0.717, 1.165) is 6.42 Å². The zero-order valence-corrected chi connectivity index (χ0v) is 10.7. The van der Waals surface area contributed by atoms with Gasteiger partial charge in [0.25, 0.3) is 0 Å². The van der Waals surface area contributed by atoms with Gasteiger partial charge in [-0.15, -0.1) is 0 Å². The highest BCUT2D eigenvalue weighted by Crippen LogP contribution is 2.16. The van der Waals surface area contributed by atoms with Gasteiger partial charge in [-0.05, 0) is 37.6 Å². The number of nitrogens with zero attached hydrogens (tertiary/aromatic N) is 1. The first-order chi connectivity index (χ1) is 8.71. The van der Waals surface area contributed by atoms with Gasteiger partial charge in [0, 0.05) is 0 Å². The number of hydrogen-bond donors (Lipinski definition) is 0. The van der Waals surface area contributed by atoms with Gasteiger partial charge in [-0.2, -0.15) is 5.26 Å². The predicted octanol–water partition coefficient (Wildman–Crippen LogP) is 2.67. The Morgan fingerprint density at radius 3 is 2.50 bits per heavy atom. The molecule has 0 saturated heterocycles. The number of esters is 1. The fraction of sp³-hybridized carbons (Fsp3) is 0.429. The van der Waals surface area contributed by atoms with Gasteiger partial charge in [-0.3, -0.25) is 0 Å². The lowest BCUT2D eigenvalue weighted by Gasteiger charge is -2.16. The number of ether oxygens (including phenoxy) is 2. The molecule has 0 aliphatic carbocycles. The molecule has 4 nitrogen and oxygen atoms in total. The molecule has 0 fully saturated rings. The van der Waals surface area contributed by atoms with Crippen LogP contribution in [0, 0.1) is 11.3 Å². The van der Waals surface area contributed by atoms with E-state index in [4.69, 9.17) is 14.7 Å². The maximum absolute atomic E-state index is 11.7. The number of benzene rings is 1. The van der Waals surface area contributed by atoms with E-state index in [1.807, 2.05) is 13.0 Å². The van der Waals surface area contributed by atoms with E-state index in [9.17, 15) is 4.79 Å². The molecule has 0 saturated carbocycles. The molecule has 4 heteroatoms. The van der Waals surface area contributed by atoms with Gasteiger partial charge in [0.2, 0.25) is 0 Å². The van der Waals surface area contributed by atoms with Crippen molar-refractivity contribution in [3.63, 3.8) is 0 Å². The highest BCUT2D eigenvalue weighted by Gasteiger charge is 2.20. The Bertz CT molecular complexity index is 420. The second kappa shape index (κ2) is 7.33. The van der Waals surface area contributed by atoms with Crippen molar-refractivity contribution in [1.82, 2.24) is 0 Å². The highest BCUT2D eigenvalue weighted by atomic mass is 16.6. The predicted molar refractivity (Wildman–Crippen MR) is 67.1 cm³/mol. The Labute approximate surface area is 107 Å². The molecule has 1 rings (SSSR count). The zero-order chi connectivity index (χ0) is 13.4. The van der Waals surface area contributed by atoms with Crippen molar-refractivity contribution in [2.45, 2.75) is 32.8 Å². The average Bonchev–Trinajstić information content (AvgIpc) is 2.39. The Morgan fingerprint density at radius 1 is 1.33 bits per heavy atom. The van der Waals surface area contributed by atoms with Crippen LogP contribution in [0.3, 0.4) is 0 Å². The molecule has 96 valence electrons. The fourth-order valence-electron chi connectivity index (χ4n) is 1.49. The third-order valence-corrected chi connectivity index (χ3v) is 2.36. The molecule has 0 bridgehead atoms. The van der Waals surface area contributed by atoms with Crippen LogP contribution in [-0.4, -0.2) is 18.7 Å². The van der Waals surface area contributed by atoms with Crippen LogP contribution in [0.15, 0.2) is 24.3 Å². The van der Waals surface area contributed by atoms with E-state index >= 15 is 0 Å². The van der Waals surface area contributed by atoms with Crippen molar-refractivity contribution in [2.24, 2.45) is 0 Å². The van der Waals surface area contributed by atoms with Crippen molar-refractivity contribution in [1.29, 1.82) is 5.26 Å². The van der Waals surface area contributed by atoms with Gasteiger partial charge >= 0.3 is 5.97 Å². The zero-order valence-electron chi connectivity index (χ0n) is 10.7. The Morgan fingerprint density at radius 2 is 2.00 bits per heavy atom. The summed E-state index contributed by atoms with van der Waals surface area (Å²) in [6.45, 7) is 4.09. The summed E-state index contributed by atoms with van der Waals surface area (Å²) in [5.74, 6) is 0.226. The molecule has 1 aromatic rings. The smallest absolute Gasteiger partial charge is 0.347 e. The minimum atomic E-state index is -0.581. The average molecular weight is 247 g/mol. The molecule has 0 amide bonds. The molecule has 0 aromatic heterocycles. The molecule has 0 radical (unpaired) electrons. The second-order valence-corrected chi connectivity index (χ2v) is 3.78. The first kappa shape index (κ1) is 14.0. The molecule has 0 heterocycles. The summed E-state index contributed by atoms with van der Waals surface area (Å²) in [6.07, 6.45) is 0.862. The summed E-state index contributed by atoms with van der Waals surface area (Å²) in [6, 6.07) is 8.70. The van der Waals surface area contributed by atoms with Crippen molar-refractivity contribution in [3.05, 3.63) is 29.8 Å². The summed E-state index contributed by atoms with van der Waals surface area (Å²) in [7, 11) is 0. The summed E-state index contributed by atoms with van der Waals surface area (Å²) >= 11 is 0. The normalized spacial score (nSPS) is 11.4. The number of carbonyl (C=O) groups is 1. The SMILES string of the molecule is CCCC(Oc1ccc(C#N)cc1)C(=O)OCC. The molecular weight excluding hydrogens is 230 g/mol. The van der Waals surface area contributed by atoms with E-state index in [2.05, 4.69) is 0 Å². The van der Waals surface area contributed by atoms with Gasteiger partial charge in [-0.25, -0.2) is 4.79 Å². The monoisotopic (exact) mass is 247 g/mol. The van der Waals surface area contributed by atoms with Crippen LogP contribution in [0.4, 0.5) is 0 Å². The van der Waals surface area contributed by atoms with Crippen molar-refractivity contribution in [3.8, 4) is 11.8 Å². The lowest BCUT2D eigenvalue weighted by atomic mass is 10.2. The standard InChI is InChI=1S/C14H17NO3/c1-3-5-13(14(16)17-4-2)18-12-8-6-11(10-15)7-9-12/h6-9,13H,3-5H2,1-2H3. The van der Waals surface area contributed by atoms with E-state index < -0.39 is 6.10 Å². The largest absolute Gasteiger partial charge is 0.479 e. The first-order valence-electron chi connectivity index (χ1n) is 6.04. The molecule has 1 aromatic carbocycles. The van der Waals surface area contributed by atoms with Crippen molar-refractivity contribution < 1.29 is 14.3 Å². The topological polar surface area (TPSA) is 59.3 Å². The highest BCUT2D eigenvalue weighted by molar-refractivity contribution is 5.75. The van der Waals surface area contributed by atoms with Crippen LogP contribution >= 0.6 is 0 Å². The maximum atomic E-state index is 11.7. The van der Waals surface area contributed by atoms with Gasteiger partial charge in [0.05, 0.1) is 18.2 Å².